The summed E-state index contributed by atoms with van der Waals surface area (Å²) in [5.41, 5.74) is 0.846. The first-order chi connectivity index (χ1) is 9.36. The number of nitrogens with one attached hydrogen (secondary N) is 1. The van der Waals surface area contributed by atoms with E-state index in [-0.39, 0.29) is 18.5 Å². The Labute approximate surface area is 116 Å². The van der Waals surface area contributed by atoms with Crippen LogP contribution in [0.3, 0.4) is 0 Å². The maximum atomic E-state index is 10.9. The fraction of sp³-hybridized carbons (Fsp3) is 0.462. The van der Waals surface area contributed by atoms with E-state index in [9.17, 15) is 20.0 Å². The number of aryl methyl sites for hydroxylation is 1. The molecule has 1 aromatic carbocycles. The van der Waals surface area contributed by atoms with Gasteiger partial charge in [-0.05, 0) is 26.0 Å². The summed E-state index contributed by atoms with van der Waals surface area (Å²) in [5, 5.41) is 32.6. The molecule has 1 aromatic rings. The SMILES string of the molecule is CNC(CCC(=O)O)C(O)c1ccc(C)c([N+](=O)[O-])c1. The Hall–Kier alpha value is -1.99. The smallest absolute Gasteiger partial charge is 0.303 e. The van der Waals surface area contributed by atoms with E-state index in [1.165, 1.54) is 6.07 Å². The van der Waals surface area contributed by atoms with Crippen LogP contribution in [0.1, 0.15) is 30.1 Å². The molecule has 0 aliphatic heterocycles. The van der Waals surface area contributed by atoms with Crippen molar-refractivity contribution in [2.24, 2.45) is 0 Å². The first kappa shape index (κ1) is 16.1. The summed E-state index contributed by atoms with van der Waals surface area (Å²) in [5.74, 6) is -0.952. The molecule has 0 saturated carbocycles. The highest BCUT2D eigenvalue weighted by atomic mass is 16.6. The van der Waals surface area contributed by atoms with Crippen molar-refractivity contribution >= 4 is 11.7 Å². The minimum absolute atomic E-state index is 0.0605. The summed E-state index contributed by atoms with van der Waals surface area (Å²) in [6, 6.07) is 4.03. The number of benzene rings is 1. The van der Waals surface area contributed by atoms with Crippen LogP contribution < -0.4 is 5.32 Å². The second-order valence-electron chi connectivity index (χ2n) is 4.58. The van der Waals surface area contributed by atoms with Crippen molar-refractivity contribution in [1.82, 2.24) is 5.32 Å². The van der Waals surface area contributed by atoms with E-state index in [1.807, 2.05) is 0 Å². The zero-order valence-corrected chi connectivity index (χ0v) is 11.4. The molecule has 0 radical (unpaired) electrons. The lowest BCUT2D eigenvalue weighted by atomic mass is 9.97. The zero-order valence-electron chi connectivity index (χ0n) is 11.4. The molecule has 0 amide bonds. The largest absolute Gasteiger partial charge is 0.481 e. The lowest BCUT2D eigenvalue weighted by Gasteiger charge is -2.22. The lowest BCUT2D eigenvalue weighted by molar-refractivity contribution is -0.385. The van der Waals surface area contributed by atoms with Gasteiger partial charge in [0, 0.05) is 24.1 Å². The second-order valence-corrected chi connectivity index (χ2v) is 4.58. The number of carboxylic acid groups (broad SMARTS) is 1. The lowest BCUT2D eigenvalue weighted by Crippen LogP contribution is -2.32. The highest BCUT2D eigenvalue weighted by molar-refractivity contribution is 5.66. The van der Waals surface area contributed by atoms with Crippen molar-refractivity contribution in [1.29, 1.82) is 0 Å². The third-order valence-electron chi connectivity index (χ3n) is 3.19. The number of hydrogen-bond donors (Lipinski definition) is 3. The number of hydrogen-bond acceptors (Lipinski definition) is 5. The molecular formula is C13H18N2O5. The summed E-state index contributed by atoms with van der Waals surface area (Å²) in [6.45, 7) is 1.62. The van der Waals surface area contributed by atoms with Gasteiger partial charge in [-0.3, -0.25) is 14.9 Å². The molecule has 3 N–H and O–H groups in total. The average molecular weight is 282 g/mol. The molecule has 0 aliphatic carbocycles. The Morgan fingerprint density at radius 2 is 2.15 bits per heavy atom. The number of aliphatic hydroxyl groups excluding tert-OH is 1. The Balaban J connectivity index is 2.94. The van der Waals surface area contributed by atoms with Crippen LogP contribution in [0, 0.1) is 17.0 Å². The monoisotopic (exact) mass is 282 g/mol. The summed E-state index contributed by atoms with van der Waals surface area (Å²) in [7, 11) is 1.61. The normalized spacial score (nSPS) is 13.8. The highest BCUT2D eigenvalue weighted by Crippen LogP contribution is 2.26. The van der Waals surface area contributed by atoms with E-state index >= 15 is 0 Å². The van der Waals surface area contributed by atoms with Gasteiger partial charge >= 0.3 is 5.97 Å². The minimum Gasteiger partial charge on any atom is -0.481 e. The molecule has 7 nitrogen and oxygen atoms in total. The molecule has 2 atom stereocenters. The highest BCUT2D eigenvalue weighted by Gasteiger charge is 2.22. The van der Waals surface area contributed by atoms with Gasteiger partial charge in [0.1, 0.15) is 0 Å². The van der Waals surface area contributed by atoms with Gasteiger partial charge < -0.3 is 15.5 Å². The third-order valence-corrected chi connectivity index (χ3v) is 3.19. The van der Waals surface area contributed by atoms with Gasteiger partial charge in [-0.1, -0.05) is 12.1 Å². The number of carbonyl (C=O) groups is 1. The third kappa shape index (κ3) is 4.01. The average Bonchev–Trinajstić information content (AvgIpc) is 2.39. The zero-order chi connectivity index (χ0) is 15.3. The van der Waals surface area contributed by atoms with Crippen LogP contribution in [0.2, 0.25) is 0 Å². The molecule has 2 unspecified atom stereocenters. The van der Waals surface area contributed by atoms with Crippen LogP contribution in [0.5, 0.6) is 0 Å². The van der Waals surface area contributed by atoms with E-state index in [0.29, 0.717) is 11.1 Å². The fourth-order valence-electron chi connectivity index (χ4n) is 1.98. The fourth-order valence-corrected chi connectivity index (χ4v) is 1.98. The van der Waals surface area contributed by atoms with Gasteiger partial charge in [-0.25, -0.2) is 0 Å². The van der Waals surface area contributed by atoms with Gasteiger partial charge in [0.2, 0.25) is 0 Å². The van der Waals surface area contributed by atoms with Crippen molar-refractivity contribution in [3.63, 3.8) is 0 Å². The topological polar surface area (TPSA) is 113 Å². The minimum atomic E-state index is -1.00. The van der Waals surface area contributed by atoms with Crippen LogP contribution in [0.25, 0.3) is 0 Å². The summed E-state index contributed by atoms with van der Waals surface area (Å²) in [4.78, 5) is 20.9. The van der Waals surface area contributed by atoms with Crippen molar-refractivity contribution in [3.8, 4) is 0 Å². The number of nitrogens with zero attached hydrogens (tertiary/aromatic N) is 1. The molecule has 0 heterocycles. The Morgan fingerprint density at radius 1 is 1.50 bits per heavy atom. The molecule has 0 fully saturated rings. The van der Waals surface area contributed by atoms with Gasteiger partial charge in [-0.15, -0.1) is 0 Å². The predicted molar refractivity (Wildman–Crippen MR) is 72.5 cm³/mol. The maximum Gasteiger partial charge on any atom is 0.303 e. The van der Waals surface area contributed by atoms with Crippen LogP contribution in [0.15, 0.2) is 18.2 Å². The van der Waals surface area contributed by atoms with Crippen molar-refractivity contribution in [3.05, 3.63) is 39.4 Å². The number of nitro groups is 1. The van der Waals surface area contributed by atoms with Crippen LogP contribution >= 0.6 is 0 Å². The number of aliphatic carboxylic acids is 1. The summed E-state index contributed by atoms with van der Waals surface area (Å²) in [6.07, 6.45) is -0.857. The molecule has 0 saturated heterocycles. The molecule has 0 spiro atoms. The van der Waals surface area contributed by atoms with Crippen LogP contribution in [-0.4, -0.2) is 34.2 Å². The Kier molecular flexibility index (Phi) is 5.60. The number of rotatable bonds is 7. The van der Waals surface area contributed by atoms with Gasteiger partial charge in [-0.2, -0.15) is 0 Å². The Morgan fingerprint density at radius 3 is 2.65 bits per heavy atom. The van der Waals surface area contributed by atoms with E-state index in [2.05, 4.69) is 5.32 Å². The van der Waals surface area contributed by atoms with E-state index < -0.39 is 23.0 Å². The Bertz CT molecular complexity index is 504. The van der Waals surface area contributed by atoms with Gasteiger partial charge in [0.05, 0.1) is 11.0 Å². The van der Waals surface area contributed by atoms with Gasteiger partial charge in [0.25, 0.3) is 5.69 Å². The number of nitro benzene ring substituents is 1. The number of aliphatic hydroxyl groups is 1. The standard InChI is InChI=1S/C13H18N2O5/c1-8-3-4-9(7-11(8)15(19)20)13(18)10(14-2)5-6-12(16)17/h3-4,7,10,13-14,18H,5-6H2,1-2H3,(H,16,17). The maximum absolute atomic E-state index is 10.9. The molecule has 0 aromatic heterocycles. The molecule has 1 rings (SSSR count). The first-order valence-electron chi connectivity index (χ1n) is 6.19. The summed E-state index contributed by atoms with van der Waals surface area (Å²) < 4.78 is 0. The quantitative estimate of drug-likeness (QED) is 0.514. The van der Waals surface area contributed by atoms with Crippen molar-refractivity contribution in [2.75, 3.05) is 7.05 Å². The second kappa shape index (κ2) is 6.97. The first-order valence-corrected chi connectivity index (χ1v) is 6.19. The number of likely N-dealkylation sites (N-methyl/N-ethyl adjacent to an activating group) is 1. The number of carboxylic acids is 1. The molecule has 110 valence electrons. The van der Waals surface area contributed by atoms with Crippen molar-refractivity contribution < 1.29 is 19.9 Å². The van der Waals surface area contributed by atoms with Crippen molar-refractivity contribution in [2.45, 2.75) is 31.9 Å². The van der Waals surface area contributed by atoms with Crippen LogP contribution in [0.4, 0.5) is 5.69 Å². The molecule has 20 heavy (non-hydrogen) atoms. The van der Waals surface area contributed by atoms with E-state index in [1.54, 1.807) is 26.1 Å². The molecular weight excluding hydrogens is 264 g/mol. The molecule has 7 heteroatoms. The van der Waals surface area contributed by atoms with E-state index in [0.717, 1.165) is 0 Å². The predicted octanol–water partition coefficient (Wildman–Crippen LogP) is 1.39. The molecule has 0 bridgehead atoms. The summed E-state index contributed by atoms with van der Waals surface area (Å²) >= 11 is 0. The van der Waals surface area contributed by atoms with Crippen LogP contribution in [-0.2, 0) is 4.79 Å². The van der Waals surface area contributed by atoms with Gasteiger partial charge in [0.15, 0.2) is 0 Å². The molecule has 0 aliphatic rings. The van der Waals surface area contributed by atoms with E-state index in [4.69, 9.17) is 5.11 Å².